The first kappa shape index (κ1) is 24.3. The third kappa shape index (κ3) is 5.31. The Kier molecular flexibility index (Phi) is 7.10. The monoisotopic (exact) mass is 510 g/mol. The van der Waals surface area contributed by atoms with Gasteiger partial charge in [0.15, 0.2) is 11.5 Å². The van der Waals surface area contributed by atoms with Crippen LogP contribution < -0.4 is 19.7 Å². The topological polar surface area (TPSA) is 84.9 Å². The summed E-state index contributed by atoms with van der Waals surface area (Å²) in [4.78, 5) is 38.9. The van der Waals surface area contributed by atoms with Crippen LogP contribution in [0.15, 0.2) is 66.2 Å². The van der Waals surface area contributed by atoms with Crippen molar-refractivity contribution in [3.63, 3.8) is 0 Å². The van der Waals surface area contributed by atoms with Gasteiger partial charge in [-0.05, 0) is 60.5 Å². The van der Waals surface area contributed by atoms with E-state index in [1.165, 1.54) is 19.3 Å². The molecule has 1 fully saturated rings. The summed E-state index contributed by atoms with van der Waals surface area (Å²) >= 11 is 12.5. The number of nitrogens with zero attached hydrogens (tertiary/aromatic N) is 1. The van der Waals surface area contributed by atoms with Crippen molar-refractivity contribution in [3.05, 3.63) is 93.0 Å². The van der Waals surface area contributed by atoms with Gasteiger partial charge in [0.05, 0.1) is 17.8 Å². The number of hydrogen-bond acceptors (Lipinski definition) is 5. The number of ether oxygens (including phenoxy) is 2. The smallest absolute Gasteiger partial charge is 0.335 e. The number of anilines is 1. The van der Waals surface area contributed by atoms with E-state index < -0.39 is 17.8 Å². The zero-order chi connectivity index (χ0) is 25.1. The molecule has 7 nitrogen and oxygen atoms in total. The summed E-state index contributed by atoms with van der Waals surface area (Å²) in [5, 5.41) is 3.00. The molecule has 0 aromatic heterocycles. The van der Waals surface area contributed by atoms with Crippen LogP contribution in [0.1, 0.15) is 16.7 Å². The number of nitrogens with one attached hydrogen (secondary N) is 1. The van der Waals surface area contributed by atoms with Gasteiger partial charge in [0.2, 0.25) is 0 Å². The van der Waals surface area contributed by atoms with Crippen LogP contribution in [0.5, 0.6) is 11.5 Å². The van der Waals surface area contributed by atoms with Crippen LogP contribution in [0.25, 0.3) is 6.08 Å². The molecule has 3 aromatic rings. The maximum atomic E-state index is 13.1. The molecule has 1 saturated heterocycles. The standard InChI is InChI=1S/C26H20Cl2N2O5/c1-15-6-8-19(9-7-15)30-25(32)20(24(31)29-26(30)33)11-17-12-21(28)23(22(13-17)34-2)35-14-16-4-3-5-18(27)10-16/h3-13H,14H2,1-2H3,(H,29,31,33)/b20-11+. The minimum Gasteiger partial charge on any atom is -0.493 e. The molecule has 0 aliphatic carbocycles. The third-order valence-corrected chi connectivity index (χ3v) is 5.74. The number of halogens is 2. The average Bonchev–Trinajstić information content (AvgIpc) is 2.82. The van der Waals surface area contributed by atoms with E-state index in [0.717, 1.165) is 16.0 Å². The molecule has 4 rings (SSSR count). The number of amides is 4. The molecule has 178 valence electrons. The first-order chi connectivity index (χ1) is 16.8. The highest BCUT2D eigenvalue weighted by Crippen LogP contribution is 2.38. The van der Waals surface area contributed by atoms with E-state index in [-0.39, 0.29) is 17.2 Å². The van der Waals surface area contributed by atoms with Gasteiger partial charge in [-0.15, -0.1) is 0 Å². The van der Waals surface area contributed by atoms with Crippen LogP contribution in [0.4, 0.5) is 10.5 Å². The van der Waals surface area contributed by atoms with Crippen molar-refractivity contribution in [3.8, 4) is 11.5 Å². The van der Waals surface area contributed by atoms with E-state index in [1.807, 2.05) is 19.1 Å². The molecule has 0 spiro atoms. The Bertz CT molecular complexity index is 1350. The highest BCUT2D eigenvalue weighted by Gasteiger charge is 2.36. The zero-order valence-electron chi connectivity index (χ0n) is 18.8. The number of hydrogen-bond donors (Lipinski definition) is 1. The van der Waals surface area contributed by atoms with Gasteiger partial charge in [-0.3, -0.25) is 14.9 Å². The number of benzene rings is 3. The lowest BCUT2D eigenvalue weighted by molar-refractivity contribution is -0.122. The number of methoxy groups -OCH3 is 1. The van der Waals surface area contributed by atoms with E-state index in [1.54, 1.807) is 42.5 Å². The van der Waals surface area contributed by atoms with Gasteiger partial charge in [0.1, 0.15) is 12.2 Å². The zero-order valence-corrected chi connectivity index (χ0v) is 20.3. The van der Waals surface area contributed by atoms with Gasteiger partial charge in [0, 0.05) is 5.02 Å². The Balaban J connectivity index is 1.64. The van der Waals surface area contributed by atoms with Crippen molar-refractivity contribution < 1.29 is 23.9 Å². The number of urea groups is 1. The van der Waals surface area contributed by atoms with E-state index in [4.69, 9.17) is 32.7 Å². The highest BCUT2D eigenvalue weighted by molar-refractivity contribution is 6.39. The molecule has 35 heavy (non-hydrogen) atoms. The molecule has 0 unspecified atom stereocenters. The molecular weight excluding hydrogens is 491 g/mol. The number of barbiturate groups is 1. The number of imide groups is 2. The molecule has 0 bridgehead atoms. The second kappa shape index (κ2) is 10.2. The van der Waals surface area contributed by atoms with E-state index >= 15 is 0 Å². The van der Waals surface area contributed by atoms with Crippen LogP contribution in [0.3, 0.4) is 0 Å². The molecule has 1 aliphatic rings. The number of rotatable bonds is 6. The molecule has 4 amide bonds. The van der Waals surface area contributed by atoms with Gasteiger partial charge in [-0.25, -0.2) is 9.69 Å². The number of aryl methyl sites for hydroxylation is 1. The molecule has 0 radical (unpaired) electrons. The van der Waals surface area contributed by atoms with Gasteiger partial charge < -0.3 is 9.47 Å². The van der Waals surface area contributed by atoms with E-state index in [0.29, 0.717) is 27.8 Å². The summed E-state index contributed by atoms with van der Waals surface area (Å²) in [7, 11) is 1.45. The molecule has 0 atom stereocenters. The first-order valence-corrected chi connectivity index (χ1v) is 11.3. The van der Waals surface area contributed by atoms with Crippen LogP contribution >= 0.6 is 23.2 Å². The SMILES string of the molecule is COc1cc(/C=C2\C(=O)NC(=O)N(c3ccc(C)cc3)C2=O)cc(Cl)c1OCc1cccc(Cl)c1. The largest absolute Gasteiger partial charge is 0.493 e. The minimum atomic E-state index is -0.818. The molecule has 1 heterocycles. The van der Waals surface area contributed by atoms with Crippen LogP contribution in [-0.4, -0.2) is 25.0 Å². The normalized spacial score (nSPS) is 14.8. The van der Waals surface area contributed by atoms with Crippen molar-refractivity contribution in [2.45, 2.75) is 13.5 Å². The van der Waals surface area contributed by atoms with Crippen molar-refractivity contribution in [1.82, 2.24) is 5.32 Å². The Labute approximate surface area is 211 Å². The molecular formula is C26H20Cl2N2O5. The number of carbonyl (C=O) groups excluding carboxylic acids is 3. The lowest BCUT2D eigenvalue weighted by Crippen LogP contribution is -2.54. The molecule has 0 saturated carbocycles. The lowest BCUT2D eigenvalue weighted by atomic mass is 10.1. The Hall–Kier alpha value is -3.81. The Morgan fingerprint density at radius 1 is 1.00 bits per heavy atom. The minimum absolute atomic E-state index is 0.200. The van der Waals surface area contributed by atoms with Crippen molar-refractivity contribution in [2.75, 3.05) is 12.0 Å². The maximum Gasteiger partial charge on any atom is 0.335 e. The summed E-state index contributed by atoms with van der Waals surface area (Å²) in [5.41, 5.74) is 2.34. The van der Waals surface area contributed by atoms with Crippen LogP contribution in [0, 0.1) is 6.92 Å². The second-order valence-electron chi connectivity index (χ2n) is 7.75. The van der Waals surface area contributed by atoms with Gasteiger partial charge in [-0.2, -0.15) is 0 Å². The fraction of sp³-hybridized carbons (Fsp3) is 0.115. The molecule has 9 heteroatoms. The number of carbonyl (C=O) groups is 3. The average molecular weight is 511 g/mol. The fourth-order valence-corrected chi connectivity index (χ4v) is 3.98. The summed E-state index contributed by atoms with van der Waals surface area (Å²) in [6.07, 6.45) is 1.35. The van der Waals surface area contributed by atoms with Crippen molar-refractivity contribution in [2.24, 2.45) is 0 Å². The summed E-state index contributed by atoms with van der Waals surface area (Å²) < 4.78 is 11.3. The van der Waals surface area contributed by atoms with Crippen LogP contribution in [0.2, 0.25) is 10.0 Å². The lowest BCUT2D eigenvalue weighted by Gasteiger charge is -2.26. The molecule has 1 aliphatic heterocycles. The Morgan fingerprint density at radius 3 is 2.43 bits per heavy atom. The second-order valence-corrected chi connectivity index (χ2v) is 8.59. The van der Waals surface area contributed by atoms with Crippen molar-refractivity contribution in [1.29, 1.82) is 0 Å². The van der Waals surface area contributed by atoms with Gasteiger partial charge >= 0.3 is 6.03 Å². The third-order valence-electron chi connectivity index (χ3n) is 5.23. The van der Waals surface area contributed by atoms with Crippen LogP contribution in [-0.2, 0) is 16.2 Å². The molecule has 3 aromatic carbocycles. The summed E-state index contributed by atoms with van der Waals surface area (Å²) in [6.45, 7) is 2.09. The van der Waals surface area contributed by atoms with Gasteiger partial charge in [0.25, 0.3) is 11.8 Å². The predicted octanol–water partition coefficient (Wildman–Crippen LogP) is 5.56. The van der Waals surface area contributed by atoms with Crippen molar-refractivity contribution >= 4 is 52.8 Å². The summed E-state index contributed by atoms with van der Waals surface area (Å²) in [5.74, 6) is -0.951. The Morgan fingerprint density at radius 2 is 1.74 bits per heavy atom. The van der Waals surface area contributed by atoms with E-state index in [2.05, 4.69) is 5.32 Å². The predicted molar refractivity (Wildman–Crippen MR) is 134 cm³/mol. The quantitative estimate of drug-likeness (QED) is 0.346. The highest BCUT2D eigenvalue weighted by atomic mass is 35.5. The van der Waals surface area contributed by atoms with E-state index in [9.17, 15) is 14.4 Å². The maximum absolute atomic E-state index is 13.1. The molecule has 1 N–H and O–H groups in total. The van der Waals surface area contributed by atoms with Gasteiger partial charge in [-0.1, -0.05) is 53.0 Å². The summed E-state index contributed by atoms with van der Waals surface area (Å²) in [6, 6.07) is 16.3. The first-order valence-electron chi connectivity index (χ1n) is 10.5. The fourth-order valence-electron chi connectivity index (χ4n) is 3.50.